The molecule has 11 heteroatoms. The number of carbonyl (C=O) groups is 3. The number of piperidine rings is 1. The molecule has 1 fully saturated rings. The fourth-order valence-corrected chi connectivity index (χ4v) is 5.16. The number of carbonyl (C=O) groups excluding carboxylic acids is 3. The normalized spacial score (nSPS) is 17.6. The number of imide groups is 1. The lowest BCUT2D eigenvalue weighted by Crippen LogP contribution is -2.41. The monoisotopic (exact) mass is 431 g/mol. The van der Waals surface area contributed by atoms with Gasteiger partial charge in [-0.15, -0.1) is 0 Å². The minimum Gasteiger partial charge on any atom is -0.323 e. The summed E-state index contributed by atoms with van der Waals surface area (Å²) in [5.74, 6) is -1.59. The largest absolute Gasteiger partial charge is 0.323 e. The summed E-state index contributed by atoms with van der Waals surface area (Å²) in [6, 6.07) is 3.91. The fraction of sp³-hybridized carbons (Fsp3) is 0.368. The fourth-order valence-electron chi connectivity index (χ4n) is 3.66. The number of benzene rings is 1. The first kappa shape index (κ1) is 20.2. The molecule has 2 aromatic rings. The van der Waals surface area contributed by atoms with Gasteiger partial charge in [-0.3, -0.25) is 24.4 Å². The van der Waals surface area contributed by atoms with Crippen LogP contribution in [0.4, 0.5) is 5.69 Å². The molecule has 3 heterocycles. The average molecular weight is 431 g/mol. The van der Waals surface area contributed by atoms with Crippen molar-refractivity contribution in [1.29, 1.82) is 0 Å². The Hall–Kier alpha value is -3.05. The Kier molecular flexibility index (Phi) is 5.16. The van der Waals surface area contributed by atoms with Gasteiger partial charge >= 0.3 is 0 Å². The standard InChI is InChI=1S/C19H21N5O5S/c1-2-23-11-13(10-20-23)21-17(25)12-5-7-24(8-6-12)30(28,29)14-3-4-15-16(9-14)19(27)22-18(15)26/h3-4,9-12H,2,5-8H2,1H3,(H,21,25)(H,22,26,27). The Morgan fingerprint density at radius 2 is 1.90 bits per heavy atom. The number of hydrogen-bond donors (Lipinski definition) is 2. The van der Waals surface area contributed by atoms with Gasteiger partial charge in [0.2, 0.25) is 15.9 Å². The van der Waals surface area contributed by atoms with Gasteiger partial charge in [-0.1, -0.05) is 0 Å². The Morgan fingerprint density at radius 3 is 2.57 bits per heavy atom. The van der Waals surface area contributed by atoms with Crippen molar-refractivity contribution in [3.63, 3.8) is 0 Å². The Bertz CT molecular complexity index is 1130. The molecule has 1 saturated heterocycles. The van der Waals surface area contributed by atoms with Crippen LogP contribution in [0.5, 0.6) is 0 Å². The second-order valence-corrected chi connectivity index (χ2v) is 9.18. The highest BCUT2D eigenvalue weighted by Crippen LogP contribution is 2.27. The van der Waals surface area contributed by atoms with Gasteiger partial charge in [0.1, 0.15) is 0 Å². The van der Waals surface area contributed by atoms with Crippen molar-refractivity contribution in [3.8, 4) is 0 Å². The number of amides is 3. The maximum Gasteiger partial charge on any atom is 0.258 e. The predicted octanol–water partition coefficient (Wildman–Crippen LogP) is 0.826. The van der Waals surface area contributed by atoms with Gasteiger partial charge in [0.25, 0.3) is 11.8 Å². The molecule has 0 bridgehead atoms. The van der Waals surface area contributed by atoms with E-state index in [9.17, 15) is 22.8 Å². The molecule has 4 rings (SSSR count). The van der Waals surface area contributed by atoms with Crippen LogP contribution in [-0.2, 0) is 21.4 Å². The molecule has 0 spiro atoms. The van der Waals surface area contributed by atoms with Gasteiger partial charge in [-0.25, -0.2) is 8.42 Å². The number of hydrogen-bond acceptors (Lipinski definition) is 6. The summed E-state index contributed by atoms with van der Waals surface area (Å²) in [4.78, 5) is 35.9. The van der Waals surface area contributed by atoms with Crippen LogP contribution in [0.3, 0.4) is 0 Å². The summed E-state index contributed by atoms with van der Waals surface area (Å²) in [6.07, 6.45) is 4.09. The molecular formula is C19H21N5O5S. The zero-order valence-corrected chi connectivity index (χ0v) is 17.1. The lowest BCUT2D eigenvalue weighted by Gasteiger charge is -2.30. The van der Waals surface area contributed by atoms with E-state index >= 15 is 0 Å². The topological polar surface area (TPSA) is 130 Å². The van der Waals surface area contributed by atoms with Crippen LogP contribution >= 0.6 is 0 Å². The number of aryl methyl sites for hydroxylation is 1. The molecule has 2 aliphatic heterocycles. The summed E-state index contributed by atoms with van der Waals surface area (Å²) < 4.78 is 29.0. The molecule has 0 radical (unpaired) electrons. The minimum absolute atomic E-state index is 0.0408. The molecule has 1 aromatic heterocycles. The number of fused-ring (bicyclic) bond motifs is 1. The molecule has 10 nitrogen and oxygen atoms in total. The summed E-state index contributed by atoms with van der Waals surface area (Å²) in [6.45, 7) is 3.03. The summed E-state index contributed by atoms with van der Waals surface area (Å²) in [7, 11) is -3.84. The highest BCUT2D eigenvalue weighted by atomic mass is 32.2. The maximum atomic E-state index is 13.0. The third-order valence-electron chi connectivity index (χ3n) is 5.39. The van der Waals surface area contributed by atoms with E-state index in [2.05, 4.69) is 15.7 Å². The van der Waals surface area contributed by atoms with Crippen molar-refractivity contribution >= 4 is 33.4 Å². The highest BCUT2D eigenvalue weighted by molar-refractivity contribution is 7.89. The van der Waals surface area contributed by atoms with E-state index in [4.69, 9.17) is 0 Å². The van der Waals surface area contributed by atoms with Crippen molar-refractivity contribution in [2.45, 2.75) is 31.2 Å². The zero-order valence-electron chi connectivity index (χ0n) is 16.3. The van der Waals surface area contributed by atoms with Crippen LogP contribution in [0.25, 0.3) is 0 Å². The van der Waals surface area contributed by atoms with Gasteiger partial charge in [-0.2, -0.15) is 9.40 Å². The first-order chi connectivity index (χ1) is 14.3. The lowest BCUT2D eigenvalue weighted by molar-refractivity contribution is -0.120. The van der Waals surface area contributed by atoms with E-state index < -0.39 is 21.8 Å². The SMILES string of the molecule is CCn1cc(NC(=O)C2CCN(S(=O)(=O)c3ccc4c(c3)C(=O)NC4=O)CC2)cn1. The molecular weight excluding hydrogens is 410 g/mol. The zero-order chi connectivity index (χ0) is 21.5. The number of aromatic nitrogens is 2. The molecule has 0 atom stereocenters. The van der Waals surface area contributed by atoms with Crippen LogP contribution in [0.2, 0.25) is 0 Å². The predicted molar refractivity (Wildman–Crippen MR) is 106 cm³/mol. The Labute approximate surface area is 173 Å². The van der Waals surface area contributed by atoms with Crippen molar-refractivity contribution in [2.75, 3.05) is 18.4 Å². The van der Waals surface area contributed by atoms with E-state index in [0.29, 0.717) is 25.1 Å². The number of nitrogens with zero attached hydrogens (tertiary/aromatic N) is 3. The van der Waals surface area contributed by atoms with Crippen LogP contribution in [-0.4, -0.2) is 53.3 Å². The first-order valence-corrected chi connectivity index (χ1v) is 11.1. The van der Waals surface area contributed by atoms with Gasteiger partial charge in [-0.05, 0) is 38.0 Å². The maximum absolute atomic E-state index is 13.0. The third-order valence-corrected chi connectivity index (χ3v) is 7.29. The van der Waals surface area contributed by atoms with Gasteiger partial charge in [0.05, 0.1) is 27.9 Å². The highest BCUT2D eigenvalue weighted by Gasteiger charge is 2.34. The first-order valence-electron chi connectivity index (χ1n) is 9.63. The molecule has 0 aliphatic carbocycles. The summed E-state index contributed by atoms with van der Waals surface area (Å²) in [5.41, 5.74) is 0.839. The van der Waals surface area contributed by atoms with Crippen molar-refractivity contribution in [2.24, 2.45) is 5.92 Å². The van der Waals surface area contributed by atoms with E-state index in [1.54, 1.807) is 17.1 Å². The molecule has 2 aliphatic rings. The molecule has 2 N–H and O–H groups in total. The van der Waals surface area contributed by atoms with Gasteiger partial charge < -0.3 is 5.32 Å². The Balaban J connectivity index is 1.42. The van der Waals surface area contributed by atoms with Gasteiger partial charge in [0.15, 0.2) is 0 Å². The number of nitrogens with one attached hydrogen (secondary N) is 2. The number of rotatable bonds is 5. The summed E-state index contributed by atoms with van der Waals surface area (Å²) in [5, 5.41) is 9.08. The molecule has 0 unspecified atom stereocenters. The molecule has 0 saturated carbocycles. The van der Waals surface area contributed by atoms with Crippen LogP contribution in [0.15, 0.2) is 35.5 Å². The molecule has 1 aromatic carbocycles. The van der Waals surface area contributed by atoms with Gasteiger partial charge in [0, 0.05) is 31.7 Å². The van der Waals surface area contributed by atoms with E-state index in [0.717, 1.165) is 0 Å². The molecule has 3 amide bonds. The molecule has 158 valence electrons. The number of sulfonamides is 1. The summed E-state index contributed by atoms with van der Waals surface area (Å²) >= 11 is 0. The lowest BCUT2D eigenvalue weighted by atomic mass is 9.97. The van der Waals surface area contributed by atoms with Crippen LogP contribution < -0.4 is 10.6 Å². The van der Waals surface area contributed by atoms with E-state index in [-0.39, 0.29) is 40.9 Å². The van der Waals surface area contributed by atoms with Crippen molar-refractivity contribution in [3.05, 3.63) is 41.7 Å². The van der Waals surface area contributed by atoms with Crippen LogP contribution in [0, 0.1) is 5.92 Å². The smallest absolute Gasteiger partial charge is 0.258 e. The number of anilines is 1. The van der Waals surface area contributed by atoms with Crippen molar-refractivity contribution < 1.29 is 22.8 Å². The van der Waals surface area contributed by atoms with Crippen LogP contribution in [0.1, 0.15) is 40.5 Å². The Morgan fingerprint density at radius 1 is 1.20 bits per heavy atom. The minimum atomic E-state index is -3.84. The van der Waals surface area contributed by atoms with E-state index in [1.807, 2.05) is 6.92 Å². The quantitative estimate of drug-likeness (QED) is 0.674. The second-order valence-electron chi connectivity index (χ2n) is 7.24. The van der Waals surface area contributed by atoms with E-state index in [1.165, 1.54) is 22.5 Å². The second kappa shape index (κ2) is 7.65. The molecule has 30 heavy (non-hydrogen) atoms. The van der Waals surface area contributed by atoms with Crippen molar-refractivity contribution in [1.82, 2.24) is 19.4 Å². The average Bonchev–Trinajstić information content (AvgIpc) is 3.31. The third kappa shape index (κ3) is 3.61.